The molecule has 0 radical (unpaired) electrons. The molecule has 0 saturated carbocycles. The van der Waals surface area contributed by atoms with E-state index in [0.717, 1.165) is 55.7 Å². The van der Waals surface area contributed by atoms with E-state index in [9.17, 15) is 0 Å². The van der Waals surface area contributed by atoms with Crippen molar-refractivity contribution in [3.05, 3.63) is 206 Å². The van der Waals surface area contributed by atoms with Gasteiger partial charge in [-0.25, -0.2) is 0 Å². The van der Waals surface area contributed by atoms with Gasteiger partial charge in [0.05, 0.1) is 22.1 Å². The minimum Gasteiger partial charge on any atom is -0.457 e. The normalized spacial score (nSPS) is 11.8. The molecule has 12 aromatic rings. The first-order chi connectivity index (χ1) is 28.7. The lowest BCUT2D eigenvalue weighted by Crippen LogP contribution is -1.94. The third-order valence-electron chi connectivity index (χ3n) is 11.6. The molecule has 0 aliphatic heterocycles. The van der Waals surface area contributed by atoms with Gasteiger partial charge in [-0.1, -0.05) is 109 Å². The fourth-order valence-corrected chi connectivity index (χ4v) is 9.96. The Labute approximate surface area is 338 Å². The van der Waals surface area contributed by atoms with E-state index in [1.165, 1.54) is 53.2 Å². The van der Waals surface area contributed by atoms with Crippen LogP contribution in [-0.4, -0.2) is 9.13 Å². The molecule has 3 nitrogen and oxygen atoms in total. The lowest BCUT2D eigenvalue weighted by atomic mass is 10.0. The van der Waals surface area contributed by atoms with E-state index in [2.05, 4.69) is 215 Å². The van der Waals surface area contributed by atoms with Gasteiger partial charge in [0.25, 0.3) is 0 Å². The number of aromatic nitrogens is 2. The Morgan fingerprint density at radius 3 is 1.34 bits per heavy atom. The Kier molecular flexibility index (Phi) is 7.40. The molecule has 0 N–H and O–H groups in total. The molecule has 9 aromatic carbocycles. The number of nitrogens with zero attached hydrogens (tertiary/aromatic N) is 2. The summed E-state index contributed by atoms with van der Waals surface area (Å²) in [6, 6.07) is 74.1. The summed E-state index contributed by atoms with van der Waals surface area (Å²) >= 11 is 1.85. The van der Waals surface area contributed by atoms with E-state index in [1.54, 1.807) is 0 Å². The third-order valence-corrected chi connectivity index (χ3v) is 12.7. The van der Waals surface area contributed by atoms with Crippen LogP contribution >= 0.6 is 11.3 Å². The zero-order valence-corrected chi connectivity index (χ0v) is 32.2. The van der Waals surface area contributed by atoms with Crippen LogP contribution in [0.3, 0.4) is 0 Å². The summed E-state index contributed by atoms with van der Waals surface area (Å²) in [6.45, 7) is 0. The minimum absolute atomic E-state index is 0.798. The standard InChI is InChI=1S/C54H34N2OS/c1-4-12-35(13-5-1)37-20-25-49-44(30-37)46-33-41(23-27-51(46)55(49)39-16-8-3-9-17-39)57-42-24-28-52-47(34-42)45-31-38(36-14-6-2-7-15-36)21-26-50(45)56(52)40-22-29-54-48(32-40)43-18-10-11-19-53(43)58-54/h1-34H. The maximum Gasteiger partial charge on any atom is 0.128 e. The molecular formula is C54H34N2OS. The predicted molar refractivity (Wildman–Crippen MR) is 245 cm³/mol. The second-order valence-corrected chi connectivity index (χ2v) is 16.0. The molecule has 0 aliphatic carbocycles. The van der Waals surface area contributed by atoms with Crippen LogP contribution in [0, 0.1) is 0 Å². The van der Waals surface area contributed by atoms with Crippen LogP contribution in [0.1, 0.15) is 0 Å². The van der Waals surface area contributed by atoms with Gasteiger partial charge >= 0.3 is 0 Å². The van der Waals surface area contributed by atoms with Crippen molar-refractivity contribution < 1.29 is 4.74 Å². The molecule has 0 amide bonds. The number of hydrogen-bond acceptors (Lipinski definition) is 2. The average molecular weight is 759 g/mol. The maximum absolute atomic E-state index is 6.83. The summed E-state index contributed by atoms with van der Waals surface area (Å²) in [7, 11) is 0. The van der Waals surface area contributed by atoms with Gasteiger partial charge in [-0.15, -0.1) is 11.3 Å². The molecule has 0 aliphatic rings. The van der Waals surface area contributed by atoms with Crippen LogP contribution in [0.25, 0.3) is 97.4 Å². The average Bonchev–Trinajstić information content (AvgIpc) is 3.94. The molecule has 0 atom stereocenters. The van der Waals surface area contributed by atoms with Crippen molar-refractivity contribution in [2.45, 2.75) is 0 Å². The molecular weight excluding hydrogens is 725 g/mol. The fraction of sp³-hybridized carbons (Fsp3) is 0. The van der Waals surface area contributed by atoms with Crippen molar-refractivity contribution >= 4 is 75.1 Å². The Balaban J connectivity index is 1.02. The van der Waals surface area contributed by atoms with Crippen LogP contribution in [0.2, 0.25) is 0 Å². The fourth-order valence-electron chi connectivity index (χ4n) is 8.87. The first kappa shape index (κ1) is 32.8. The Morgan fingerprint density at radius 2 is 0.759 bits per heavy atom. The molecule has 3 heterocycles. The lowest BCUT2D eigenvalue weighted by molar-refractivity contribution is 0.484. The summed E-state index contributed by atoms with van der Waals surface area (Å²) in [5.74, 6) is 1.60. The van der Waals surface area contributed by atoms with Crippen LogP contribution in [0.5, 0.6) is 11.5 Å². The summed E-state index contributed by atoms with van der Waals surface area (Å²) in [5, 5.41) is 7.26. The van der Waals surface area contributed by atoms with Gasteiger partial charge in [0.15, 0.2) is 0 Å². The first-order valence-electron chi connectivity index (χ1n) is 19.7. The highest BCUT2D eigenvalue weighted by atomic mass is 32.1. The van der Waals surface area contributed by atoms with Crippen LogP contribution in [0.4, 0.5) is 0 Å². The monoisotopic (exact) mass is 758 g/mol. The van der Waals surface area contributed by atoms with E-state index >= 15 is 0 Å². The number of fused-ring (bicyclic) bond motifs is 9. The van der Waals surface area contributed by atoms with E-state index in [1.807, 2.05) is 11.3 Å². The van der Waals surface area contributed by atoms with E-state index in [0.29, 0.717) is 0 Å². The topological polar surface area (TPSA) is 19.1 Å². The number of hydrogen-bond donors (Lipinski definition) is 0. The van der Waals surface area contributed by atoms with Gasteiger partial charge in [-0.3, -0.25) is 0 Å². The maximum atomic E-state index is 6.83. The van der Waals surface area contributed by atoms with Crippen LogP contribution in [0.15, 0.2) is 206 Å². The minimum atomic E-state index is 0.798. The molecule has 0 fully saturated rings. The predicted octanol–water partition coefficient (Wildman–Crippen LogP) is 15.4. The van der Waals surface area contributed by atoms with Gasteiger partial charge in [0, 0.05) is 53.1 Å². The molecule has 0 spiro atoms. The SMILES string of the molecule is c1ccc(-c2ccc3c(c2)c2cc(Oc4ccc5c(c4)c4cc(-c6ccccc6)ccc4n5-c4ccc5sc6ccccc6c5c4)ccc2n3-c2ccccc2)cc1. The highest BCUT2D eigenvalue weighted by molar-refractivity contribution is 7.25. The summed E-state index contributed by atoms with van der Waals surface area (Å²) in [5.41, 5.74) is 11.7. The Morgan fingerprint density at radius 1 is 0.293 bits per heavy atom. The largest absolute Gasteiger partial charge is 0.457 e. The van der Waals surface area contributed by atoms with Crippen LogP contribution < -0.4 is 4.74 Å². The van der Waals surface area contributed by atoms with E-state index in [-0.39, 0.29) is 0 Å². The molecule has 0 bridgehead atoms. The third kappa shape index (κ3) is 5.27. The summed E-state index contributed by atoms with van der Waals surface area (Å²) in [6.07, 6.45) is 0. The number of rotatable bonds is 6. The van der Waals surface area contributed by atoms with Crippen molar-refractivity contribution in [2.75, 3.05) is 0 Å². The van der Waals surface area contributed by atoms with Crippen molar-refractivity contribution in [1.29, 1.82) is 0 Å². The zero-order chi connectivity index (χ0) is 38.2. The van der Waals surface area contributed by atoms with Crippen LogP contribution in [-0.2, 0) is 0 Å². The number of para-hydroxylation sites is 1. The Bertz CT molecular complexity index is 3520. The summed E-state index contributed by atoms with van der Waals surface area (Å²) < 4.78 is 14.2. The van der Waals surface area contributed by atoms with E-state index < -0.39 is 0 Å². The van der Waals surface area contributed by atoms with Gasteiger partial charge in [-0.05, 0) is 119 Å². The number of ether oxygens (including phenoxy) is 1. The smallest absolute Gasteiger partial charge is 0.128 e. The first-order valence-corrected chi connectivity index (χ1v) is 20.5. The van der Waals surface area contributed by atoms with Gasteiger partial charge in [0.1, 0.15) is 11.5 Å². The molecule has 4 heteroatoms. The summed E-state index contributed by atoms with van der Waals surface area (Å²) in [4.78, 5) is 0. The van der Waals surface area contributed by atoms with Gasteiger partial charge < -0.3 is 13.9 Å². The number of benzene rings is 9. The molecule has 3 aromatic heterocycles. The van der Waals surface area contributed by atoms with Crippen molar-refractivity contribution in [2.24, 2.45) is 0 Å². The molecule has 12 rings (SSSR count). The second kappa shape index (κ2) is 13.1. The molecule has 58 heavy (non-hydrogen) atoms. The quantitative estimate of drug-likeness (QED) is 0.165. The van der Waals surface area contributed by atoms with Gasteiger partial charge in [0.2, 0.25) is 0 Å². The van der Waals surface area contributed by atoms with Crippen molar-refractivity contribution in [3.63, 3.8) is 0 Å². The van der Waals surface area contributed by atoms with Gasteiger partial charge in [-0.2, -0.15) is 0 Å². The molecule has 0 saturated heterocycles. The van der Waals surface area contributed by atoms with E-state index in [4.69, 9.17) is 4.74 Å². The Hall–Kier alpha value is -7.40. The molecule has 272 valence electrons. The molecule has 0 unspecified atom stereocenters. The zero-order valence-electron chi connectivity index (χ0n) is 31.3. The second-order valence-electron chi connectivity index (χ2n) is 14.9. The van der Waals surface area contributed by atoms with Crippen molar-refractivity contribution in [3.8, 4) is 45.1 Å². The number of thiophene rings is 1. The highest BCUT2D eigenvalue weighted by Crippen LogP contribution is 2.42. The highest BCUT2D eigenvalue weighted by Gasteiger charge is 2.18. The lowest BCUT2D eigenvalue weighted by Gasteiger charge is -2.10. The van der Waals surface area contributed by atoms with Crippen molar-refractivity contribution in [1.82, 2.24) is 9.13 Å².